The molecule has 0 unspecified atom stereocenters. The molecule has 1 heterocycles. The molecule has 0 saturated heterocycles. The van der Waals surface area contributed by atoms with Crippen LogP contribution in [0.1, 0.15) is 26.7 Å². The highest BCUT2D eigenvalue weighted by Crippen LogP contribution is 2.21. The van der Waals surface area contributed by atoms with Gasteiger partial charge >= 0.3 is 6.09 Å². The summed E-state index contributed by atoms with van der Waals surface area (Å²) in [4.78, 5) is 11.8. The molecular formula is C15H20N4O4. The van der Waals surface area contributed by atoms with Gasteiger partial charge in [0.25, 0.3) is 0 Å². The van der Waals surface area contributed by atoms with Crippen LogP contribution in [0.5, 0.6) is 5.75 Å². The highest BCUT2D eigenvalue weighted by molar-refractivity contribution is 5.67. The number of nitrogens with two attached hydrogens (primary N) is 1. The highest BCUT2D eigenvalue weighted by Gasteiger charge is 2.22. The second kappa shape index (κ2) is 6.66. The maximum Gasteiger partial charge on any atom is 0.425 e. The Balaban J connectivity index is 2.02. The number of carbonyl (C=O) groups excluding carboxylic acids is 1. The van der Waals surface area contributed by atoms with E-state index in [1.54, 1.807) is 52.1 Å². The molecule has 8 nitrogen and oxygen atoms in total. The third-order valence-corrected chi connectivity index (χ3v) is 2.74. The number of hydrogen-bond acceptors (Lipinski definition) is 7. The molecule has 0 spiro atoms. The van der Waals surface area contributed by atoms with E-state index >= 15 is 0 Å². The number of rotatable bonds is 4. The first-order valence-electron chi connectivity index (χ1n) is 7.00. The molecule has 1 aromatic heterocycles. The van der Waals surface area contributed by atoms with Crippen LogP contribution in [0.4, 0.5) is 4.79 Å². The van der Waals surface area contributed by atoms with Crippen molar-refractivity contribution in [2.45, 2.75) is 32.9 Å². The maximum absolute atomic E-state index is 11.8. The molecule has 2 rings (SSSR count). The third kappa shape index (κ3) is 4.68. The summed E-state index contributed by atoms with van der Waals surface area (Å²) in [6.07, 6.45) is -0.665. The molecule has 0 aliphatic carbocycles. The lowest BCUT2D eigenvalue weighted by Crippen LogP contribution is -2.41. The number of ether oxygens (including phenoxy) is 2. The zero-order valence-corrected chi connectivity index (χ0v) is 13.6. The smallest absolute Gasteiger partial charge is 0.425 e. The minimum Gasteiger partial charge on any atom is -0.497 e. The summed E-state index contributed by atoms with van der Waals surface area (Å²) in [7, 11) is 1.59. The van der Waals surface area contributed by atoms with Crippen LogP contribution in [-0.4, -0.2) is 34.0 Å². The van der Waals surface area contributed by atoms with Gasteiger partial charge in [0, 0.05) is 5.56 Å². The second-order valence-corrected chi connectivity index (χ2v) is 5.84. The molecule has 2 N–H and O–H groups in total. The Kier molecular flexibility index (Phi) is 4.85. The number of methoxy groups -OCH3 is 1. The average molecular weight is 320 g/mol. The van der Waals surface area contributed by atoms with E-state index in [-0.39, 0.29) is 12.4 Å². The van der Waals surface area contributed by atoms with Gasteiger partial charge in [-0.2, -0.15) is 0 Å². The molecule has 0 aliphatic heterocycles. The van der Waals surface area contributed by atoms with Gasteiger partial charge in [-0.05, 0) is 45.0 Å². The highest BCUT2D eigenvalue weighted by atomic mass is 16.6. The van der Waals surface area contributed by atoms with E-state index in [9.17, 15) is 4.79 Å². The van der Waals surface area contributed by atoms with Crippen molar-refractivity contribution in [3.8, 4) is 17.2 Å². The molecule has 1 amide bonds. The van der Waals surface area contributed by atoms with Crippen LogP contribution in [-0.2, 0) is 11.3 Å². The minimum absolute atomic E-state index is 0.0436. The number of hydrazine groups is 1. The second-order valence-electron chi connectivity index (χ2n) is 5.84. The van der Waals surface area contributed by atoms with E-state index in [0.717, 1.165) is 16.3 Å². The van der Waals surface area contributed by atoms with E-state index < -0.39 is 11.7 Å². The van der Waals surface area contributed by atoms with Crippen molar-refractivity contribution in [3.05, 3.63) is 30.2 Å². The lowest BCUT2D eigenvalue weighted by Gasteiger charge is -2.23. The Morgan fingerprint density at radius 2 is 1.91 bits per heavy atom. The topological polar surface area (TPSA) is 104 Å². The van der Waals surface area contributed by atoms with Crippen molar-refractivity contribution in [1.29, 1.82) is 0 Å². The molecule has 23 heavy (non-hydrogen) atoms. The Morgan fingerprint density at radius 1 is 1.26 bits per heavy atom. The molecule has 0 fully saturated rings. The van der Waals surface area contributed by atoms with Gasteiger partial charge in [-0.3, -0.25) is 0 Å². The van der Waals surface area contributed by atoms with Gasteiger partial charge < -0.3 is 13.9 Å². The van der Waals surface area contributed by atoms with Gasteiger partial charge in [0.2, 0.25) is 11.8 Å². The van der Waals surface area contributed by atoms with Crippen LogP contribution >= 0.6 is 0 Å². The van der Waals surface area contributed by atoms with E-state index in [1.165, 1.54) is 0 Å². The van der Waals surface area contributed by atoms with E-state index in [4.69, 9.17) is 19.7 Å². The molecule has 8 heteroatoms. The molecular weight excluding hydrogens is 300 g/mol. The van der Waals surface area contributed by atoms with Crippen molar-refractivity contribution in [2.75, 3.05) is 7.11 Å². The standard InChI is InChI=1S/C15H20N4O4/c1-15(2,3)23-14(20)19(16)9-12-17-18-13(22-12)10-5-7-11(21-4)8-6-10/h5-8H,9,16H2,1-4H3. The molecule has 0 atom stereocenters. The van der Waals surface area contributed by atoms with E-state index in [0.29, 0.717) is 5.89 Å². The lowest BCUT2D eigenvalue weighted by molar-refractivity contribution is 0.0216. The fraction of sp³-hybridized carbons (Fsp3) is 0.400. The first-order valence-corrected chi connectivity index (χ1v) is 7.00. The van der Waals surface area contributed by atoms with E-state index in [2.05, 4.69) is 10.2 Å². The van der Waals surface area contributed by atoms with Crippen LogP contribution in [0, 0.1) is 0 Å². The molecule has 0 radical (unpaired) electrons. The summed E-state index contributed by atoms with van der Waals surface area (Å²) < 4.78 is 15.7. The predicted molar refractivity (Wildman–Crippen MR) is 82.3 cm³/mol. The summed E-state index contributed by atoms with van der Waals surface area (Å²) in [6, 6.07) is 7.17. The first kappa shape index (κ1) is 16.8. The monoisotopic (exact) mass is 320 g/mol. The average Bonchev–Trinajstić information content (AvgIpc) is 2.94. The van der Waals surface area contributed by atoms with Crippen LogP contribution in [0.2, 0.25) is 0 Å². The number of amides is 1. The summed E-state index contributed by atoms with van der Waals surface area (Å²) in [6.45, 7) is 5.23. The van der Waals surface area contributed by atoms with Gasteiger partial charge in [-0.15, -0.1) is 10.2 Å². The number of carbonyl (C=O) groups is 1. The van der Waals surface area contributed by atoms with Crippen molar-refractivity contribution >= 4 is 6.09 Å². The minimum atomic E-state index is -0.665. The molecule has 0 aliphatic rings. The predicted octanol–water partition coefficient (Wildman–Crippen LogP) is 2.36. The zero-order valence-electron chi connectivity index (χ0n) is 13.6. The fourth-order valence-corrected chi connectivity index (χ4v) is 1.70. The summed E-state index contributed by atoms with van der Waals surface area (Å²) in [5.41, 5.74) is 0.114. The molecule has 0 saturated carbocycles. The summed E-state index contributed by atoms with van der Waals surface area (Å²) in [5, 5.41) is 8.70. The fourth-order valence-electron chi connectivity index (χ4n) is 1.70. The SMILES string of the molecule is COc1ccc(-c2nnc(CN(N)C(=O)OC(C)(C)C)o2)cc1. The lowest BCUT2D eigenvalue weighted by atomic mass is 10.2. The van der Waals surface area contributed by atoms with Crippen LogP contribution in [0.3, 0.4) is 0 Å². The maximum atomic E-state index is 11.8. The van der Waals surface area contributed by atoms with Crippen molar-refractivity contribution in [1.82, 2.24) is 15.2 Å². The summed E-state index contributed by atoms with van der Waals surface area (Å²) >= 11 is 0. The van der Waals surface area contributed by atoms with Gasteiger partial charge in [0.05, 0.1) is 7.11 Å². The molecule has 2 aromatic rings. The largest absolute Gasteiger partial charge is 0.497 e. The number of benzene rings is 1. The Labute approximate surface area is 134 Å². The number of aromatic nitrogens is 2. The van der Waals surface area contributed by atoms with Gasteiger partial charge in [-0.1, -0.05) is 0 Å². The normalized spacial score (nSPS) is 11.2. The molecule has 124 valence electrons. The van der Waals surface area contributed by atoms with Crippen molar-refractivity contribution in [3.63, 3.8) is 0 Å². The zero-order chi connectivity index (χ0) is 17.0. The van der Waals surface area contributed by atoms with Crippen LogP contribution in [0.15, 0.2) is 28.7 Å². The molecule has 0 bridgehead atoms. The Hall–Kier alpha value is -2.61. The van der Waals surface area contributed by atoms with Crippen LogP contribution in [0.25, 0.3) is 11.5 Å². The Bertz CT molecular complexity index is 661. The molecule has 1 aromatic carbocycles. The third-order valence-electron chi connectivity index (χ3n) is 2.74. The van der Waals surface area contributed by atoms with Gasteiger partial charge in [0.15, 0.2) is 0 Å². The first-order chi connectivity index (χ1) is 10.8. The van der Waals surface area contributed by atoms with Crippen molar-refractivity contribution < 1.29 is 18.7 Å². The number of hydrogen-bond donors (Lipinski definition) is 1. The Morgan fingerprint density at radius 3 is 2.48 bits per heavy atom. The van der Waals surface area contributed by atoms with Gasteiger partial charge in [-0.25, -0.2) is 15.6 Å². The van der Waals surface area contributed by atoms with Crippen molar-refractivity contribution in [2.24, 2.45) is 5.84 Å². The van der Waals surface area contributed by atoms with Gasteiger partial charge in [0.1, 0.15) is 17.9 Å². The quantitative estimate of drug-likeness (QED) is 0.524. The summed E-state index contributed by atoms with van der Waals surface area (Å²) in [5.74, 6) is 6.93. The van der Waals surface area contributed by atoms with Crippen LogP contribution < -0.4 is 10.6 Å². The number of nitrogens with zero attached hydrogens (tertiary/aromatic N) is 3. The van der Waals surface area contributed by atoms with E-state index in [1.807, 2.05) is 0 Å².